The number of amides is 2. The van der Waals surface area contributed by atoms with Crippen LogP contribution in [0.4, 0.5) is 11.4 Å². The lowest BCUT2D eigenvalue weighted by molar-refractivity contribution is -0.385. The van der Waals surface area contributed by atoms with Gasteiger partial charge in [0.05, 0.1) is 16.3 Å². The predicted octanol–water partition coefficient (Wildman–Crippen LogP) is 0.219. The van der Waals surface area contributed by atoms with Gasteiger partial charge in [-0.25, -0.2) is 0 Å². The van der Waals surface area contributed by atoms with E-state index in [-0.39, 0.29) is 55.1 Å². The molecule has 0 bridgehead atoms. The fourth-order valence-electron chi connectivity index (χ4n) is 2.53. The van der Waals surface area contributed by atoms with Crippen LogP contribution in [0, 0.1) is 20.2 Å². The first-order valence-electron chi connectivity index (χ1n) is 9.09. The number of hydrogen-bond acceptors (Lipinski definition) is 10. The zero-order chi connectivity index (χ0) is 23.1. The van der Waals surface area contributed by atoms with E-state index >= 15 is 0 Å². The molecule has 0 aliphatic heterocycles. The van der Waals surface area contributed by atoms with Crippen LogP contribution >= 0.6 is 0 Å². The Kier molecular flexibility index (Phi) is 6.79. The molecule has 0 radical (unpaired) electrons. The van der Waals surface area contributed by atoms with E-state index in [1.54, 1.807) is 0 Å². The lowest BCUT2D eigenvalue weighted by atomic mass is 10.1. The highest BCUT2D eigenvalue weighted by atomic mass is 16.6. The summed E-state index contributed by atoms with van der Waals surface area (Å²) in [5, 5.41) is 33.8. The minimum Gasteiger partial charge on any atom is -0.354 e. The second-order valence-electron chi connectivity index (χ2n) is 6.38. The van der Waals surface area contributed by atoms with Crippen molar-refractivity contribution < 1.29 is 24.0 Å². The Bertz CT molecular complexity index is 1140. The van der Waals surface area contributed by atoms with Gasteiger partial charge < -0.3 is 15.2 Å². The molecule has 0 aliphatic rings. The molecule has 2 aromatic heterocycles. The Balaban J connectivity index is 1.39. The van der Waals surface area contributed by atoms with Gasteiger partial charge in [0.25, 0.3) is 5.69 Å². The van der Waals surface area contributed by atoms with Crippen molar-refractivity contribution in [3.05, 3.63) is 74.2 Å². The van der Waals surface area contributed by atoms with E-state index < -0.39 is 15.8 Å². The number of non-ortho nitro benzene ring substituents is 1. The lowest BCUT2D eigenvalue weighted by Crippen LogP contribution is -2.35. The van der Waals surface area contributed by atoms with Crippen molar-refractivity contribution in [2.45, 2.75) is 13.0 Å². The van der Waals surface area contributed by atoms with Crippen LogP contribution in [-0.4, -0.2) is 54.7 Å². The summed E-state index contributed by atoms with van der Waals surface area (Å²) in [7, 11) is 0. The van der Waals surface area contributed by atoms with Crippen molar-refractivity contribution in [1.29, 1.82) is 0 Å². The fourth-order valence-corrected chi connectivity index (χ4v) is 2.53. The van der Waals surface area contributed by atoms with Crippen LogP contribution in [0.25, 0.3) is 0 Å². The molecule has 15 nitrogen and oxygen atoms in total. The van der Waals surface area contributed by atoms with E-state index in [2.05, 4.69) is 25.9 Å². The van der Waals surface area contributed by atoms with Crippen molar-refractivity contribution in [3.63, 3.8) is 0 Å². The summed E-state index contributed by atoms with van der Waals surface area (Å²) in [5.74, 6) is -1.18. The van der Waals surface area contributed by atoms with Crippen LogP contribution in [0.1, 0.15) is 22.1 Å². The number of nitrogens with zero attached hydrogens (tertiary/aromatic N) is 6. The van der Waals surface area contributed by atoms with Crippen molar-refractivity contribution in [2.75, 3.05) is 13.1 Å². The second-order valence-corrected chi connectivity index (χ2v) is 6.38. The molecule has 166 valence electrons. The Morgan fingerprint density at radius 2 is 1.72 bits per heavy atom. The maximum absolute atomic E-state index is 12.0. The monoisotopic (exact) mass is 444 g/mol. The van der Waals surface area contributed by atoms with Crippen LogP contribution in [0.15, 0.2) is 41.2 Å². The molecule has 2 heterocycles. The van der Waals surface area contributed by atoms with Crippen LogP contribution < -0.4 is 10.6 Å². The lowest BCUT2D eigenvalue weighted by Gasteiger charge is -2.06. The molecule has 0 saturated heterocycles. The number of aromatic nitrogens is 4. The molecule has 0 fully saturated rings. The number of nitrogens with one attached hydrogen (secondary N) is 2. The van der Waals surface area contributed by atoms with E-state index in [1.165, 1.54) is 35.1 Å². The van der Waals surface area contributed by atoms with Crippen LogP contribution in [0.2, 0.25) is 0 Å². The van der Waals surface area contributed by atoms with Crippen LogP contribution in [0.3, 0.4) is 0 Å². The molecule has 0 unspecified atom stereocenters. The maximum Gasteiger partial charge on any atom is 0.316 e. The van der Waals surface area contributed by atoms with Gasteiger partial charge in [-0.3, -0.25) is 34.5 Å². The SMILES string of the molecule is O=C(Cc1ccc([N+](=O)[O-])cc1)NCCNC(=O)c1nc(Cn2cc([N+](=O)[O-])cn2)no1. The Labute approximate surface area is 178 Å². The Morgan fingerprint density at radius 1 is 1.03 bits per heavy atom. The minimum atomic E-state index is -0.653. The normalized spacial score (nSPS) is 10.5. The highest BCUT2D eigenvalue weighted by Crippen LogP contribution is 2.12. The summed E-state index contributed by atoms with van der Waals surface area (Å²) in [6, 6.07) is 5.62. The number of hydrogen-bond donors (Lipinski definition) is 2. The average molecular weight is 444 g/mol. The van der Waals surface area contributed by atoms with Gasteiger partial charge in [0, 0.05) is 25.2 Å². The first-order valence-corrected chi connectivity index (χ1v) is 9.09. The van der Waals surface area contributed by atoms with Gasteiger partial charge >= 0.3 is 17.5 Å². The molecule has 3 rings (SSSR count). The molecule has 1 aromatic carbocycles. The fraction of sp³-hybridized carbons (Fsp3) is 0.235. The Hall–Kier alpha value is -4.69. The van der Waals surface area contributed by atoms with Gasteiger partial charge in [-0.15, -0.1) is 0 Å². The van der Waals surface area contributed by atoms with Gasteiger partial charge in [-0.05, 0) is 5.56 Å². The zero-order valence-electron chi connectivity index (χ0n) is 16.3. The van der Waals surface area contributed by atoms with E-state index in [9.17, 15) is 29.8 Å². The van der Waals surface area contributed by atoms with Crippen LogP contribution in [0.5, 0.6) is 0 Å². The summed E-state index contributed by atoms with van der Waals surface area (Å²) in [4.78, 5) is 48.0. The predicted molar refractivity (Wildman–Crippen MR) is 104 cm³/mol. The largest absolute Gasteiger partial charge is 0.354 e. The smallest absolute Gasteiger partial charge is 0.316 e. The highest BCUT2D eigenvalue weighted by Gasteiger charge is 2.16. The molecule has 2 N–H and O–H groups in total. The van der Waals surface area contributed by atoms with Gasteiger partial charge in [0.1, 0.15) is 18.9 Å². The quantitative estimate of drug-likeness (QED) is 0.247. The average Bonchev–Trinajstić information content (AvgIpc) is 3.42. The summed E-state index contributed by atoms with van der Waals surface area (Å²) >= 11 is 0. The molecule has 2 amide bonds. The molecule has 0 saturated carbocycles. The first kappa shape index (κ1) is 22.0. The van der Waals surface area contributed by atoms with Gasteiger partial charge in [0.15, 0.2) is 5.82 Å². The molecular weight excluding hydrogens is 428 g/mol. The van der Waals surface area contributed by atoms with Crippen molar-refractivity contribution in [1.82, 2.24) is 30.6 Å². The van der Waals surface area contributed by atoms with E-state index in [1.807, 2.05) is 0 Å². The first-order chi connectivity index (χ1) is 15.3. The molecule has 0 atom stereocenters. The Morgan fingerprint density at radius 3 is 2.38 bits per heavy atom. The van der Waals surface area contributed by atoms with E-state index in [0.29, 0.717) is 5.56 Å². The zero-order valence-corrected chi connectivity index (χ0v) is 16.3. The summed E-state index contributed by atoms with van der Waals surface area (Å²) in [6.07, 6.45) is 2.30. The third-order valence-electron chi connectivity index (χ3n) is 4.04. The summed E-state index contributed by atoms with van der Waals surface area (Å²) < 4.78 is 6.08. The molecule has 0 spiro atoms. The van der Waals surface area contributed by atoms with Gasteiger partial charge in [0.2, 0.25) is 5.91 Å². The topological polar surface area (TPSA) is 201 Å². The van der Waals surface area contributed by atoms with E-state index in [4.69, 9.17) is 4.52 Å². The van der Waals surface area contributed by atoms with Crippen LogP contribution in [-0.2, 0) is 17.8 Å². The van der Waals surface area contributed by atoms with Gasteiger partial charge in [-0.2, -0.15) is 10.1 Å². The maximum atomic E-state index is 12.0. The summed E-state index contributed by atoms with van der Waals surface area (Å²) in [5.41, 5.74) is 0.354. The molecule has 0 aliphatic carbocycles. The van der Waals surface area contributed by atoms with Gasteiger partial charge in [-0.1, -0.05) is 17.3 Å². The standard InChI is InChI=1S/C17H16N8O7/c26-15(7-11-1-3-12(4-2-11)24(28)29)18-5-6-19-16(27)17-21-14(22-32-17)10-23-9-13(8-20-23)25(30)31/h1-4,8-9H,5-7,10H2,(H,18,26)(H,19,27). The second kappa shape index (κ2) is 9.88. The third kappa shape index (κ3) is 5.91. The van der Waals surface area contributed by atoms with E-state index in [0.717, 1.165) is 6.20 Å². The molecule has 32 heavy (non-hydrogen) atoms. The number of carbonyl (C=O) groups is 2. The number of nitro groups is 2. The van der Waals surface area contributed by atoms with Crippen molar-refractivity contribution in [2.24, 2.45) is 0 Å². The number of carbonyl (C=O) groups excluding carboxylic acids is 2. The van der Waals surface area contributed by atoms with Crippen molar-refractivity contribution in [3.8, 4) is 0 Å². The molecule has 15 heteroatoms. The van der Waals surface area contributed by atoms with Crippen molar-refractivity contribution >= 4 is 23.2 Å². The summed E-state index contributed by atoms with van der Waals surface area (Å²) in [6.45, 7) is 0.201. The number of rotatable bonds is 10. The number of benzene rings is 1. The molecule has 3 aromatic rings. The molecular formula is C17H16N8O7. The minimum absolute atomic E-state index is 0.0245. The highest BCUT2D eigenvalue weighted by molar-refractivity contribution is 5.89. The number of nitro benzene ring substituents is 1. The third-order valence-corrected chi connectivity index (χ3v) is 4.04.